The Morgan fingerprint density at radius 2 is 2.05 bits per heavy atom. The van der Waals surface area contributed by atoms with Crippen LogP contribution in [-0.2, 0) is 10.3 Å². The van der Waals surface area contributed by atoms with Crippen molar-refractivity contribution in [1.29, 1.82) is 0 Å². The van der Waals surface area contributed by atoms with E-state index in [9.17, 15) is 4.79 Å². The van der Waals surface area contributed by atoms with Gasteiger partial charge < -0.3 is 9.84 Å². The fraction of sp³-hybridized carbons (Fsp3) is 0.643. The highest BCUT2D eigenvalue weighted by atomic mass is 16.5. The molecule has 0 saturated heterocycles. The van der Waals surface area contributed by atoms with Crippen molar-refractivity contribution in [3.8, 4) is 0 Å². The van der Waals surface area contributed by atoms with Crippen molar-refractivity contribution in [2.24, 2.45) is 5.92 Å². The zero-order chi connectivity index (χ0) is 14.0. The molecule has 104 valence electrons. The van der Waals surface area contributed by atoms with Crippen molar-refractivity contribution in [2.45, 2.75) is 45.1 Å². The predicted molar refractivity (Wildman–Crippen MR) is 70.0 cm³/mol. The molecule has 1 aliphatic rings. The normalized spacial score (nSPS) is 27.2. The van der Waals surface area contributed by atoms with E-state index < -0.39 is 11.6 Å². The Kier molecular flexibility index (Phi) is 3.85. The van der Waals surface area contributed by atoms with E-state index in [4.69, 9.17) is 9.84 Å². The zero-order valence-corrected chi connectivity index (χ0v) is 11.6. The summed E-state index contributed by atoms with van der Waals surface area (Å²) in [7, 11) is 1.65. The molecule has 1 N–H and O–H groups in total. The largest absolute Gasteiger partial charge is 0.477 e. The summed E-state index contributed by atoms with van der Waals surface area (Å²) in [6.07, 6.45) is 3.78. The van der Waals surface area contributed by atoms with Crippen LogP contribution in [-0.4, -0.2) is 28.2 Å². The van der Waals surface area contributed by atoms with Crippen molar-refractivity contribution in [3.05, 3.63) is 23.3 Å². The molecule has 0 aromatic carbocycles. The summed E-state index contributed by atoms with van der Waals surface area (Å²) in [5, 5.41) is 9.10. The SMILES string of the molecule is COC1(c2nc(C)cc(C(=O)O)n2)CCC(C)CC1. The average Bonchev–Trinajstić information content (AvgIpc) is 2.39. The van der Waals surface area contributed by atoms with Crippen LogP contribution >= 0.6 is 0 Å². The Bertz CT molecular complexity index is 480. The minimum atomic E-state index is -1.03. The van der Waals surface area contributed by atoms with Crippen LogP contribution in [0.1, 0.15) is 54.6 Å². The van der Waals surface area contributed by atoms with Crippen LogP contribution in [0.25, 0.3) is 0 Å². The highest BCUT2D eigenvalue weighted by Gasteiger charge is 2.39. The standard InChI is InChI=1S/C14H20N2O3/c1-9-4-6-14(19-3,7-5-9)13-15-10(2)8-11(16-13)12(17)18/h8-9H,4-7H2,1-3H3,(H,17,18). The Morgan fingerprint density at radius 1 is 1.42 bits per heavy atom. The van der Waals surface area contributed by atoms with Gasteiger partial charge in [-0.1, -0.05) is 6.92 Å². The molecule has 1 aromatic heterocycles. The Balaban J connectivity index is 2.40. The number of hydrogen-bond donors (Lipinski definition) is 1. The first kappa shape index (κ1) is 13.9. The number of carboxylic acids is 1. The monoisotopic (exact) mass is 264 g/mol. The third-order valence-corrected chi connectivity index (χ3v) is 3.95. The van der Waals surface area contributed by atoms with Crippen LogP contribution in [0.2, 0.25) is 0 Å². The maximum atomic E-state index is 11.1. The van der Waals surface area contributed by atoms with Gasteiger partial charge in [0.2, 0.25) is 0 Å². The summed E-state index contributed by atoms with van der Waals surface area (Å²) in [5.74, 6) is 0.161. The smallest absolute Gasteiger partial charge is 0.354 e. The van der Waals surface area contributed by atoms with Gasteiger partial charge in [0.15, 0.2) is 11.5 Å². The average molecular weight is 264 g/mol. The Labute approximate surface area is 113 Å². The van der Waals surface area contributed by atoms with Crippen LogP contribution in [0.4, 0.5) is 0 Å². The molecule has 5 heteroatoms. The third kappa shape index (κ3) is 2.76. The lowest BCUT2D eigenvalue weighted by molar-refractivity contribution is -0.0599. The Morgan fingerprint density at radius 3 is 2.58 bits per heavy atom. The molecule has 2 rings (SSSR count). The molecule has 0 spiro atoms. The first-order valence-electron chi connectivity index (χ1n) is 6.61. The highest BCUT2D eigenvalue weighted by Crippen LogP contribution is 2.40. The Hall–Kier alpha value is -1.49. The van der Waals surface area contributed by atoms with Crippen LogP contribution in [0.3, 0.4) is 0 Å². The van der Waals surface area contributed by atoms with Crippen molar-refractivity contribution < 1.29 is 14.6 Å². The van der Waals surface area contributed by atoms with Gasteiger partial charge in [-0.25, -0.2) is 14.8 Å². The molecular formula is C14H20N2O3. The summed E-state index contributed by atoms with van der Waals surface area (Å²) in [4.78, 5) is 19.7. The van der Waals surface area contributed by atoms with Gasteiger partial charge in [-0.15, -0.1) is 0 Å². The molecule has 1 heterocycles. The topological polar surface area (TPSA) is 72.3 Å². The number of ether oxygens (including phenoxy) is 1. The quantitative estimate of drug-likeness (QED) is 0.908. The minimum absolute atomic E-state index is 0.0394. The molecule has 0 amide bonds. The number of methoxy groups -OCH3 is 1. The predicted octanol–water partition coefficient (Wildman–Crippen LogP) is 2.54. The molecule has 1 saturated carbocycles. The molecule has 1 aliphatic carbocycles. The number of hydrogen-bond acceptors (Lipinski definition) is 4. The van der Waals surface area contributed by atoms with Crippen LogP contribution < -0.4 is 0 Å². The molecule has 1 fully saturated rings. The lowest BCUT2D eigenvalue weighted by Gasteiger charge is -2.37. The zero-order valence-electron chi connectivity index (χ0n) is 11.6. The molecule has 0 aliphatic heterocycles. The number of aromatic carboxylic acids is 1. The second-order valence-corrected chi connectivity index (χ2v) is 5.40. The number of rotatable bonds is 3. The molecule has 0 bridgehead atoms. The number of aryl methyl sites for hydroxylation is 1. The van der Waals surface area contributed by atoms with Gasteiger partial charge in [-0.05, 0) is 44.6 Å². The van der Waals surface area contributed by atoms with Crippen molar-refractivity contribution >= 4 is 5.97 Å². The van der Waals surface area contributed by atoms with Crippen LogP contribution in [0.5, 0.6) is 0 Å². The highest BCUT2D eigenvalue weighted by molar-refractivity contribution is 5.85. The van der Waals surface area contributed by atoms with E-state index in [-0.39, 0.29) is 5.69 Å². The molecule has 1 aromatic rings. The van der Waals surface area contributed by atoms with E-state index in [2.05, 4.69) is 16.9 Å². The summed E-state index contributed by atoms with van der Waals surface area (Å²) >= 11 is 0. The van der Waals surface area contributed by atoms with Gasteiger partial charge in [0.25, 0.3) is 0 Å². The van der Waals surface area contributed by atoms with E-state index in [0.717, 1.165) is 25.7 Å². The van der Waals surface area contributed by atoms with Gasteiger partial charge >= 0.3 is 5.97 Å². The second-order valence-electron chi connectivity index (χ2n) is 5.40. The number of aromatic nitrogens is 2. The van der Waals surface area contributed by atoms with Gasteiger partial charge in [0.1, 0.15) is 5.60 Å². The van der Waals surface area contributed by atoms with E-state index >= 15 is 0 Å². The molecule has 19 heavy (non-hydrogen) atoms. The lowest BCUT2D eigenvalue weighted by Crippen LogP contribution is -2.35. The van der Waals surface area contributed by atoms with E-state index in [1.54, 1.807) is 14.0 Å². The summed E-state index contributed by atoms with van der Waals surface area (Å²) in [6, 6.07) is 1.49. The number of carbonyl (C=O) groups is 1. The first-order valence-corrected chi connectivity index (χ1v) is 6.61. The fourth-order valence-corrected chi connectivity index (χ4v) is 2.63. The lowest BCUT2D eigenvalue weighted by atomic mass is 9.79. The van der Waals surface area contributed by atoms with E-state index in [1.165, 1.54) is 6.07 Å². The molecule has 0 unspecified atom stereocenters. The van der Waals surface area contributed by atoms with E-state index in [0.29, 0.717) is 17.4 Å². The molecule has 0 radical (unpaired) electrons. The maximum absolute atomic E-state index is 11.1. The summed E-state index contributed by atoms with van der Waals surface area (Å²) in [6.45, 7) is 4.01. The second kappa shape index (κ2) is 5.25. The van der Waals surface area contributed by atoms with Gasteiger partial charge in [-0.2, -0.15) is 0 Å². The first-order chi connectivity index (χ1) is 8.97. The number of nitrogens with zero attached hydrogens (tertiary/aromatic N) is 2. The summed E-state index contributed by atoms with van der Waals surface area (Å²) < 4.78 is 5.68. The van der Waals surface area contributed by atoms with Gasteiger partial charge in [-0.3, -0.25) is 0 Å². The van der Waals surface area contributed by atoms with E-state index in [1.807, 2.05) is 0 Å². The van der Waals surface area contributed by atoms with Gasteiger partial charge in [0.05, 0.1) is 0 Å². The van der Waals surface area contributed by atoms with Crippen LogP contribution in [0, 0.1) is 12.8 Å². The van der Waals surface area contributed by atoms with Crippen molar-refractivity contribution in [1.82, 2.24) is 9.97 Å². The van der Waals surface area contributed by atoms with Gasteiger partial charge in [0, 0.05) is 12.8 Å². The van der Waals surface area contributed by atoms with Crippen LogP contribution in [0.15, 0.2) is 6.07 Å². The summed E-state index contributed by atoms with van der Waals surface area (Å²) in [5.41, 5.74) is 0.179. The number of carboxylic acid groups (broad SMARTS) is 1. The maximum Gasteiger partial charge on any atom is 0.354 e. The van der Waals surface area contributed by atoms with Crippen molar-refractivity contribution in [3.63, 3.8) is 0 Å². The minimum Gasteiger partial charge on any atom is -0.477 e. The third-order valence-electron chi connectivity index (χ3n) is 3.95. The van der Waals surface area contributed by atoms with Crippen molar-refractivity contribution in [2.75, 3.05) is 7.11 Å². The molecule has 5 nitrogen and oxygen atoms in total. The molecule has 0 atom stereocenters. The fourth-order valence-electron chi connectivity index (χ4n) is 2.63. The molecular weight excluding hydrogens is 244 g/mol.